The first-order chi connectivity index (χ1) is 26.0. The summed E-state index contributed by atoms with van der Waals surface area (Å²) in [5, 5.41) is 4.28. The van der Waals surface area contributed by atoms with Crippen LogP contribution in [0, 0.1) is 11.8 Å². The molecule has 3 fully saturated rings. The second-order valence-electron chi connectivity index (χ2n) is 14.2. The lowest BCUT2D eigenvalue weighted by molar-refractivity contribution is -0.128. The Labute approximate surface area is 335 Å². The third-order valence-corrected chi connectivity index (χ3v) is 13.8. The van der Waals surface area contributed by atoms with Crippen molar-refractivity contribution in [2.75, 3.05) is 33.1 Å². The number of halogens is 1. The molecule has 8 rings (SSSR count). The van der Waals surface area contributed by atoms with Gasteiger partial charge >= 0.3 is 0 Å². The van der Waals surface area contributed by atoms with Crippen molar-refractivity contribution in [3.05, 3.63) is 175 Å². The molecule has 5 aromatic rings. The minimum Gasteiger partial charge on any atom is -1.00 e. The summed E-state index contributed by atoms with van der Waals surface area (Å²) in [5.74, 6) is 1.58. The van der Waals surface area contributed by atoms with Crippen molar-refractivity contribution in [3.8, 4) is 0 Å². The van der Waals surface area contributed by atoms with E-state index in [-0.39, 0.29) is 17.0 Å². The highest BCUT2D eigenvalue weighted by atomic mass is 79.9. The van der Waals surface area contributed by atoms with Gasteiger partial charge in [0.05, 0.1) is 33.1 Å². The van der Waals surface area contributed by atoms with E-state index in [0.717, 1.165) is 64.6 Å². The van der Waals surface area contributed by atoms with E-state index in [4.69, 9.17) is 14.2 Å². The van der Waals surface area contributed by atoms with Crippen LogP contribution in [0.4, 0.5) is 0 Å². The van der Waals surface area contributed by atoms with Crippen molar-refractivity contribution >= 4 is 29.0 Å². The summed E-state index contributed by atoms with van der Waals surface area (Å²) >= 11 is 0. The highest BCUT2D eigenvalue weighted by Gasteiger charge is 2.39. The fourth-order valence-electron chi connectivity index (χ4n) is 6.55. The Morgan fingerprint density at radius 3 is 1.19 bits per heavy atom. The van der Waals surface area contributed by atoms with Crippen molar-refractivity contribution in [1.82, 2.24) is 0 Å². The van der Waals surface area contributed by atoms with E-state index in [0.29, 0.717) is 18.3 Å². The summed E-state index contributed by atoms with van der Waals surface area (Å²) in [6, 6.07) is 53.1. The molecule has 1 heterocycles. The highest BCUT2D eigenvalue weighted by molar-refractivity contribution is 7.95. The standard InChI is InChI=1S/C19H18P.C13H16O.C12H14O2.C4H8O.BrH/c1-20(17-11-5-2-6-12-17,18-13-7-3-8-14-18)19-15-9-4-10-16-19;1-11-7-13(8-11)10-14-9-12-5-3-2-4-6-12;13-12-6-11(7-12)9-14-8-10-4-2-1-3-5-10;1-2-4-5-3-1;/h2-16H,1H3;2-6,13H,1,7-10H2;1-5,11H,6-9H2;1-4H2;1H/q+1;;;;/p-1. The van der Waals surface area contributed by atoms with Crippen LogP contribution in [0.15, 0.2) is 164 Å². The van der Waals surface area contributed by atoms with Crippen molar-refractivity contribution in [2.24, 2.45) is 11.8 Å². The first kappa shape index (κ1) is 43.0. The van der Waals surface area contributed by atoms with Crippen LogP contribution in [0.2, 0.25) is 0 Å². The van der Waals surface area contributed by atoms with Gasteiger partial charge in [-0.15, -0.1) is 0 Å². The maximum Gasteiger partial charge on any atom is 0.133 e. The van der Waals surface area contributed by atoms with E-state index in [1.165, 1.54) is 45.5 Å². The van der Waals surface area contributed by atoms with Gasteiger partial charge in [-0.25, -0.2) is 0 Å². The first-order valence-electron chi connectivity index (χ1n) is 19.0. The van der Waals surface area contributed by atoms with Crippen molar-refractivity contribution in [2.45, 2.75) is 51.7 Å². The number of hydrogen-bond donors (Lipinski definition) is 0. The molecule has 0 aromatic heterocycles. The molecular weight excluding hydrogens is 751 g/mol. The van der Waals surface area contributed by atoms with Gasteiger partial charge in [0.1, 0.15) is 29.0 Å². The second-order valence-corrected chi connectivity index (χ2v) is 17.7. The SMILES string of the molecule is C1CCOC1.C=C1CC(COCc2ccccc2)C1.C[P+](c1ccccc1)(c1ccccc1)c1ccccc1.O=C1CC(COCc2ccccc2)C1.[Br-]. The van der Waals surface area contributed by atoms with Gasteiger partial charge in [0, 0.05) is 26.1 Å². The average Bonchev–Trinajstić information content (AvgIpc) is 3.80. The Hall–Kier alpha value is -3.70. The monoisotopic (exact) mass is 806 g/mol. The first-order valence-corrected chi connectivity index (χ1v) is 21.3. The Balaban J connectivity index is 0.000000171. The molecule has 3 aliphatic rings. The Kier molecular flexibility index (Phi) is 19.1. The summed E-state index contributed by atoms with van der Waals surface area (Å²) in [7, 11) is -1.53. The number of benzene rings is 5. The second kappa shape index (κ2) is 23.9. The smallest absolute Gasteiger partial charge is 0.133 e. The summed E-state index contributed by atoms with van der Waals surface area (Å²) in [5.41, 5.74) is 3.82. The fourth-order valence-corrected chi connectivity index (χ4v) is 9.75. The van der Waals surface area contributed by atoms with Crippen LogP contribution in [0.3, 0.4) is 0 Å². The van der Waals surface area contributed by atoms with E-state index >= 15 is 0 Å². The Morgan fingerprint density at radius 2 is 0.889 bits per heavy atom. The molecule has 6 heteroatoms. The molecule has 0 N–H and O–H groups in total. The molecule has 1 aliphatic heterocycles. The number of ether oxygens (including phenoxy) is 3. The lowest BCUT2D eigenvalue weighted by atomic mass is 9.82. The number of carbonyl (C=O) groups is 1. The van der Waals surface area contributed by atoms with Gasteiger partial charge in [-0.3, -0.25) is 4.79 Å². The molecule has 0 unspecified atom stereocenters. The lowest BCUT2D eigenvalue weighted by Crippen LogP contribution is -3.00. The van der Waals surface area contributed by atoms with Crippen LogP contribution >= 0.6 is 7.26 Å². The van der Waals surface area contributed by atoms with Crippen molar-refractivity contribution in [1.29, 1.82) is 0 Å². The van der Waals surface area contributed by atoms with E-state index in [2.05, 4.69) is 116 Å². The molecule has 0 radical (unpaired) electrons. The van der Waals surface area contributed by atoms with E-state index in [1.807, 2.05) is 48.5 Å². The molecule has 4 nitrogen and oxygen atoms in total. The molecule has 2 saturated carbocycles. The van der Waals surface area contributed by atoms with E-state index in [1.54, 1.807) is 0 Å². The van der Waals surface area contributed by atoms with Gasteiger partial charge in [0.25, 0.3) is 0 Å². The Bertz CT molecular complexity index is 1560. The molecule has 284 valence electrons. The molecule has 0 atom stereocenters. The predicted octanol–water partition coefficient (Wildman–Crippen LogP) is 6.76. The summed E-state index contributed by atoms with van der Waals surface area (Å²) in [6.07, 6.45) is 6.31. The van der Waals surface area contributed by atoms with Gasteiger partial charge in [-0.2, -0.15) is 0 Å². The molecule has 2 aliphatic carbocycles. The zero-order chi connectivity index (χ0) is 37.0. The number of ketones is 1. The van der Waals surface area contributed by atoms with E-state index < -0.39 is 7.26 Å². The average molecular weight is 808 g/mol. The van der Waals surface area contributed by atoms with Gasteiger partial charge in [-0.1, -0.05) is 127 Å². The number of rotatable bonds is 11. The zero-order valence-electron chi connectivity index (χ0n) is 31.7. The van der Waals surface area contributed by atoms with Crippen LogP contribution in [0.1, 0.15) is 49.7 Å². The molecule has 54 heavy (non-hydrogen) atoms. The summed E-state index contributed by atoms with van der Waals surface area (Å²) < 4.78 is 16.1. The third kappa shape index (κ3) is 14.2. The Morgan fingerprint density at radius 1 is 0.556 bits per heavy atom. The third-order valence-electron chi connectivity index (χ3n) is 9.76. The molecule has 0 amide bonds. The van der Waals surface area contributed by atoms with Gasteiger partial charge in [-0.05, 0) is 85.0 Å². The summed E-state index contributed by atoms with van der Waals surface area (Å²) in [4.78, 5) is 10.7. The zero-order valence-corrected chi connectivity index (χ0v) is 34.2. The van der Waals surface area contributed by atoms with Crippen LogP contribution in [-0.2, 0) is 32.2 Å². The largest absolute Gasteiger partial charge is 1.00 e. The lowest BCUT2D eigenvalue weighted by Gasteiger charge is -2.27. The van der Waals surface area contributed by atoms with Crippen LogP contribution in [0.5, 0.6) is 0 Å². The van der Waals surface area contributed by atoms with Gasteiger partial charge in [0.15, 0.2) is 0 Å². The number of hydrogen-bond acceptors (Lipinski definition) is 4. The number of allylic oxidation sites excluding steroid dienone is 1. The number of carbonyl (C=O) groups excluding carboxylic acids is 1. The topological polar surface area (TPSA) is 44.8 Å². The van der Waals surface area contributed by atoms with E-state index in [9.17, 15) is 4.79 Å². The maximum atomic E-state index is 10.7. The maximum absolute atomic E-state index is 10.7. The molecular formula is C48H56BrO4P. The predicted molar refractivity (Wildman–Crippen MR) is 223 cm³/mol. The molecule has 0 bridgehead atoms. The molecule has 1 saturated heterocycles. The minimum atomic E-state index is -1.53. The summed E-state index contributed by atoms with van der Waals surface area (Å²) in [6.45, 7) is 11.3. The highest BCUT2D eigenvalue weighted by Crippen LogP contribution is 2.51. The van der Waals surface area contributed by atoms with Crippen molar-refractivity contribution < 1.29 is 36.0 Å². The number of Topliss-reactive ketones (excluding diaryl/α,β-unsaturated/α-hetero) is 1. The minimum absolute atomic E-state index is 0. The molecule has 5 aromatic carbocycles. The van der Waals surface area contributed by atoms with Gasteiger partial charge in [0.2, 0.25) is 0 Å². The van der Waals surface area contributed by atoms with Crippen LogP contribution < -0.4 is 32.9 Å². The van der Waals surface area contributed by atoms with Gasteiger partial charge < -0.3 is 31.2 Å². The van der Waals surface area contributed by atoms with Crippen LogP contribution in [-0.4, -0.2) is 38.9 Å². The molecule has 0 spiro atoms. The van der Waals surface area contributed by atoms with Crippen molar-refractivity contribution in [3.63, 3.8) is 0 Å². The quantitative estimate of drug-likeness (QED) is 0.109. The fraction of sp³-hybridized carbons (Fsp3) is 0.312. The van der Waals surface area contributed by atoms with Crippen LogP contribution in [0.25, 0.3) is 0 Å². The normalized spacial score (nSPS) is 15.1.